The molecule has 19 heavy (non-hydrogen) atoms. The van der Waals surface area contributed by atoms with Crippen LogP contribution in [0.3, 0.4) is 0 Å². The minimum atomic E-state index is -3.01. The summed E-state index contributed by atoms with van der Waals surface area (Å²) in [5.41, 5.74) is 1.67. The Bertz CT molecular complexity index is 543. The highest BCUT2D eigenvalue weighted by atomic mass is 35.5. The Kier molecular flexibility index (Phi) is 5.50. The van der Waals surface area contributed by atoms with E-state index >= 15 is 0 Å². The molecular formula is C13H20ClNO3S. The molecule has 0 bridgehead atoms. The molecule has 0 saturated carbocycles. The molecule has 0 aliphatic heterocycles. The molecule has 6 heteroatoms. The quantitative estimate of drug-likeness (QED) is 0.878. The van der Waals surface area contributed by atoms with Crippen molar-refractivity contribution in [3.63, 3.8) is 0 Å². The molecule has 1 aromatic carbocycles. The van der Waals surface area contributed by atoms with Gasteiger partial charge in [0.05, 0.1) is 18.6 Å². The molecule has 4 nitrogen and oxygen atoms in total. The van der Waals surface area contributed by atoms with Gasteiger partial charge in [-0.3, -0.25) is 0 Å². The Morgan fingerprint density at radius 1 is 1.42 bits per heavy atom. The summed E-state index contributed by atoms with van der Waals surface area (Å²) >= 11 is 6.03. The van der Waals surface area contributed by atoms with E-state index in [1.54, 1.807) is 20.1 Å². The maximum absolute atomic E-state index is 11.6. The van der Waals surface area contributed by atoms with Gasteiger partial charge in [-0.05, 0) is 25.5 Å². The van der Waals surface area contributed by atoms with E-state index in [-0.39, 0.29) is 17.5 Å². The number of sulfone groups is 1. The third-order valence-corrected chi connectivity index (χ3v) is 5.12. The lowest BCUT2D eigenvalue weighted by molar-refractivity contribution is 0.416. The summed E-state index contributed by atoms with van der Waals surface area (Å²) < 4.78 is 28.4. The van der Waals surface area contributed by atoms with E-state index in [1.165, 1.54) is 0 Å². The Labute approximate surface area is 120 Å². The van der Waals surface area contributed by atoms with Gasteiger partial charge in [0.15, 0.2) is 9.84 Å². The minimum Gasteiger partial charge on any atom is -0.495 e. The van der Waals surface area contributed by atoms with Crippen LogP contribution in [0.15, 0.2) is 12.1 Å². The Morgan fingerprint density at radius 2 is 2.05 bits per heavy atom. The van der Waals surface area contributed by atoms with E-state index in [0.29, 0.717) is 10.8 Å². The molecule has 1 unspecified atom stereocenters. The van der Waals surface area contributed by atoms with Gasteiger partial charge in [-0.25, -0.2) is 8.42 Å². The van der Waals surface area contributed by atoms with Crippen molar-refractivity contribution in [1.29, 1.82) is 0 Å². The maximum atomic E-state index is 11.6. The molecule has 0 radical (unpaired) electrons. The Balaban J connectivity index is 2.90. The highest BCUT2D eigenvalue weighted by Gasteiger charge is 2.15. The van der Waals surface area contributed by atoms with Crippen molar-refractivity contribution in [1.82, 2.24) is 0 Å². The molecule has 0 spiro atoms. The zero-order valence-corrected chi connectivity index (χ0v) is 13.2. The van der Waals surface area contributed by atoms with E-state index in [2.05, 4.69) is 5.32 Å². The second-order valence-corrected chi connectivity index (χ2v) is 7.35. The van der Waals surface area contributed by atoms with Gasteiger partial charge in [0.25, 0.3) is 0 Å². The fraction of sp³-hybridized carbons (Fsp3) is 0.538. The van der Waals surface area contributed by atoms with Crippen molar-refractivity contribution in [2.75, 3.05) is 23.9 Å². The average Bonchev–Trinajstić information content (AvgIpc) is 2.32. The number of methoxy groups -OCH3 is 1. The van der Waals surface area contributed by atoms with Crippen molar-refractivity contribution in [2.45, 2.75) is 26.8 Å². The molecule has 0 aliphatic rings. The van der Waals surface area contributed by atoms with Gasteiger partial charge in [-0.1, -0.05) is 18.5 Å². The highest BCUT2D eigenvalue weighted by molar-refractivity contribution is 7.91. The maximum Gasteiger partial charge on any atom is 0.152 e. The van der Waals surface area contributed by atoms with Crippen LogP contribution in [0, 0.1) is 6.92 Å². The van der Waals surface area contributed by atoms with Crippen molar-refractivity contribution in [2.24, 2.45) is 0 Å². The van der Waals surface area contributed by atoms with Crippen LogP contribution >= 0.6 is 11.6 Å². The Morgan fingerprint density at radius 3 is 2.58 bits per heavy atom. The SMILES string of the molecule is CCS(=O)(=O)CC(C)Nc1cc(C)c(Cl)cc1OC. The molecule has 1 aromatic rings. The van der Waals surface area contributed by atoms with Crippen LogP contribution in [0.4, 0.5) is 5.69 Å². The summed E-state index contributed by atoms with van der Waals surface area (Å²) in [5, 5.41) is 3.78. The van der Waals surface area contributed by atoms with Gasteiger partial charge in [-0.2, -0.15) is 0 Å². The van der Waals surface area contributed by atoms with E-state index in [0.717, 1.165) is 11.3 Å². The third kappa shape index (κ3) is 4.58. The topological polar surface area (TPSA) is 55.4 Å². The lowest BCUT2D eigenvalue weighted by atomic mass is 10.2. The molecule has 1 rings (SSSR count). The minimum absolute atomic E-state index is 0.0916. The molecule has 0 aliphatic carbocycles. The van der Waals surface area contributed by atoms with Crippen LogP contribution in [0.1, 0.15) is 19.4 Å². The first-order valence-electron chi connectivity index (χ1n) is 6.10. The molecule has 1 atom stereocenters. The second kappa shape index (κ2) is 6.48. The summed E-state index contributed by atoms with van der Waals surface area (Å²) in [6.07, 6.45) is 0. The molecule has 108 valence electrons. The van der Waals surface area contributed by atoms with E-state index in [4.69, 9.17) is 16.3 Å². The number of nitrogens with one attached hydrogen (secondary N) is 1. The average molecular weight is 306 g/mol. The summed E-state index contributed by atoms with van der Waals surface area (Å²) in [6, 6.07) is 3.38. The van der Waals surface area contributed by atoms with Gasteiger partial charge < -0.3 is 10.1 Å². The zero-order chi connectivity index (χ0) is 14.6. The van der Waals surface area contributed by atoms with Crippen molar-refractivity contribution in [3.05, 3.63) is 22.7 Å². The number of hydrogen-bond acceptors (Lipinski definition) is 4. The van der Waals surface area contributed by atoms with E-state index in [9.17, 15) is 8.42 Å². The van der Waals surface area contributed by atoms with Gasteiger partial charge in [0.1, 0.15) is 5.75 Å². The fourth-order valence-electron chi connectivity index (χ4n) is 1.75. The largest absolute Gasteiger partial charge is 0.495 e. The van der Waals surface area contributed by atoms with E-state index in [1.807, 2.05) is 19.9 Å². The number of benzene rings is 1. The fourth-order valence-corrected chi connectivity index (χ4v) is 2.99. The molecule has 0 aromatic heterocycles. The van der Waals surface area contributed by atoms with Crippen LogP contribution in [-0.4, -0.2) is 33.1 Å². The first-order valence-corrected chi connectivity index (χ1v) is 8.30. The van der Waals surface area contributed by atoms with Crippen molar-refractivity contribution < 1.29 is 13.2 Å². The molecule has 0 heterocycles. The van der Waals surface area contributed by atoms with Crippen LogP contribution in [0.5, 0.6) is 5.75 Å². The first-order chi connectivity index (χ1) is 8.79. The standard InChI is InChI=1S/C13H20ClNO3S/c1-5-19(16,17)8-10(3)15-12-6-9(2)11(14)7-13(12)18-4/h6-7,10,15H,5,8H2,1-4H3. The van der Waals surface area contributed by atoms with E-state index < -0.39 is 9.84 Å². The van der Waals surface area contributed by atoms with Crippen LogP contribution < -0.4 is 10.1 Å². The molecule has 0 fully saturated rings. The summed E-state index contributed by atoms with van der Waals surface area (Å²) in [7, 11) is -1.45. The zero-order valence-electron chi connectivity index (χ0n) is 11.7. The monoisotopic (exact) mass is 305 g/mol. The number of ether oxygens (including phenoxy) is 1. The summed E-state index contributed by atoms with van der Waals surface area (Å²) in [4.78, 5) is 0. The van der Waals surface area contributed by atoms with Crippen LogP contribution in [-0.2, 0) is 9.84 Å². The lowest BCUT2D eigenvalue weighted by Crippen LogP contribution is -2.26. The second-order valence-electron chi connectivity index (χ2n) is 4.55. The Hall–Kier alpha value is -0.940. The van der Waals surface area contributed by atoms with Crippen LogP contribution in [0.25, 0.3) is 0 Å². The predicted molar refractivity (Wildman–Crippen MR) is 80.2 cm³/mol. The third-order valence-electron chi connectivity index (χ3n) is 2.83. The van der Waals surface area contributed by atoms with Gasteiger partial charge in [0.2, 0.25) is 0 Å². The van der Waals surface area contributed by atoms with Gasteiger partial charge in [0, 0.05) is 22.9 Å². The normalized spacial score (nSPS) is 13.1. The molecular weight excluding hydrogens is 286 g/mol. The number of hydrogen-bond donors (Lipinski definition) is 1. The summed E-state index contributed by atoms with van der Waals surface area (Å²) in [5.74, 6) is 0.848. The van der Waals surface area contributed by atoms with Crippen molar-refractivity contribution in [3.8, 4) is 5.75 Å². The van der Waals surface area contributed by atoms with Crippen LogP contribution in [0.2, 0.25) is 5.02 Å². The lowest BCUT2D eigenvalue weighted by Gasteiger charge is -2.18. The summed E-state index contributed by atoms with van der Waals surface area (Å²) in [6.45, 7) is 5.37. The number of aryl methyl sites for hydroxylation is 1. The molecule has 0 amide bonds. The van der Waals surface area contributed by atoms with Gasteiger partial charge in [-0.15, -0.1) is 0 Å². The number of halogens is 1. The number of rotatable bonds is 6. The highest BCUT2D eigenvalue weighted by Crippen LogP contribution is 2.31. The van der Waals surface area contributed by atoms with Crippen molar-refractivity contribution >= 4 is 27.1 Å². The molecule has 1 N–H and O–H groups in total. The molecule has 0 saturated heterocycles. The van der Waals surface area contributed by atoms with Gasteiger partial charge >= 0.3 is 0 Å². The predicted octanol–water partition coefficient (Wildman–Crippen LogP) is 2.89. The smallest absolute Gasteiger partial charge is 0.152 e. The first kappa shape index (κ1) is 16.1. The number of anilines is 1.